The highest BCUT2D eigenvalue weighted by Gasteiger charge is 2.33. The Bertz CT molecular complexity index is 823. The SMILES string of the molecule is N#Cc1ccc(NC(=O)CCCCCCn2cc(F)cn2)cc1C(F)(F)F. The average molecular weight is 382 g/mol. The molecule has 1 aromatic carbocycles. The summed E-state index contributed by atoms with van der Waals surface area (Å²) in [6, 6.07) is 4.56. The third kappa shape index (κ3) is 6.40. The van der Waals surface area contributed by atoms with Crippen LogP contribution in [0.2, 0.25) is 0 Å². The van der Waals surface area contributed by atoms with Gasteiger partial charge in [0.1, 0.15) is 0 Å². The van der Waals surface area contributed by atoms with Gasteiger partial charge >= 0.3 is 6.18 Å². The molecule has 0 aliphatic carbocycles. The lowest BCUT2D eigenvalue weighted by molar-refractivity contribution is -0.137. The van der Waals surface area contributed by atoms with E-state index >= 15 is 0 Å². The van der Waals surface area contributed by atoms with E-state index < -0.39 is 17.3 Å². The summed E-state index contributed by atoms with van der Waals surface area (Å²) in [7, 11) is 0. The molecule has 1 heterocycles. The zero-order valence-electron chi connectivity index (χ0n) is 14.4. The number of hydrogen-bond donors (Lipinski definition) is 1. The number of nitrogens with one attached hydrogen (secondary N) is 1. The van der Waals surface area contributed by atoms with Gasteiger partial charge in [0.2, 0.25) is 5.91 Å². The molecule has 0 radical (unpaired) electrons. The van der Waals surface area contributed by atoms with E-state index in [0.717, 1.165) is 37.6 Å². The van der Waals surface area contributed by atoms with Crippen LogP contribution in [0.25, 0.3) is 0 Å². The smallest absolute Gasteiger partial charge is 0.326 e. The highest BCUT2D eigenvalue weighted by Crippen LogP contribution is 2.33. The molecule has 0 atom stereocenters. The van der Waals surface area contributed by atoms with Gasteiger partial charge in [0.15, 0.2) is 5.82 Å². The fourth-order valence-electron chi connectivity index (χ4n) is 2.55. The van der Waals surface area contributed by atoms with Crippen molar-refractivity contribution in [1.82, 2.24) is 9.78 Å². The number of unbranched alkanes of at least 4 members (excludes halogenated alkanes) is 3. The second-order valence-corrected chi connectivity index (χ2v) is 6.00. The molecular weight excluding hydrogens is 364 g/mol. The standard InChI is InChI=1S/C18H18F4N4O/c19-14-11-24-26(12-14)8-4-2-1-3-5-17(27)25-15-7-6-13(10-23)16(9-15)18(20,21)22/h6-7,9,11-12H,1-5,8H2,(H,25,27). The van der Waals surface area contributed by atoms with E-state index in [0.29, 0.717) is 13.0 Å². The van der Waals surface area contributed by atoms with Crippen molar-refractivity contribution < 1.29 is 22.4 Å². The summed E-state index contributed by atoms with van der Waals surface area (Å²) in [6.07, 6.45) is 0.913. The first kappa shape index (κ1) is 20.4. The van der Waals surface area contributed by atoms with E-state index in [1.807, 2.05) is 0 Å². The fourth-order valence-corrected chi connectivity index (χ4v) is 2.55. The van der Waals surface area contributed by atoms with E-state index in [-0.39, 0.29) is 23.8 Å². The molecule has 1 aromatic heterocycles. The van der Waals surface area contributed by atoms with Gasteiger partial charge < -0.3 is 5.32 Å². The Morgan fingerprint density at radius 2 is 1.96 bits per heavy atom. The van der Waals surface area contributed by atoms with Crippen molar-refractivity contribution in [2.75, 3.05) is 5.32 Å². The minimum atomic E-state index is -4.66. The number of nitrogens with zero attached hydrogens (tertiary/aromatic N) is 3. The van der Waals surface area contributed by atoms with Crippen molar-refractivity contribution in [2.45, 2.75) is 44.8 Å². The van der Waals surface area contributed by atoms with E-state index in [2.05, 4.69) is 10.4 Å². The van der Waals surface area contributed by atoms with Crippen molar-refractivity contribution in [3.8, 4) is 6.07 Å². The summed E-state index contributed by atoms with van der Waals surface area (Å²) < 4.78 is 53.0. The molecule has 0 bridgehead atoms. The number of benzene rings is 1. The van der Waals surface area contributed by atoms with Crippen LogP contribution in [0.1, 0.15) is 43.2 Å². The Kier molecular flexibility index (Phi) is 6.93. The Hall–Kier alpha value is -2.89. The van der Waals surface area contributed by atoms with Crippen LogP contribution in [0.15, 0.2) is 30.6 Å². The number of aryl methyl sites for hydroxylation is 1. The van der Waals surface area contributed by atoms with Crippen LogP contribution in [0, 0.1) is 17.1 Å². The van der Waals surface area contributed by atoms with Crippen LogP contribution in [-0.2, 0) is 17.5 Å². The van der Waals surface area contributed by atoms with E-state index in [1.54, 1.807) is 0 Å². The van der Waals surface area contributed by atoms with Gasteiger partial charge in [-0.05, 0) is 31.0 Å². The lowest BCUT2D eigenvalue weighted by Crippen LogP contribution is -2.13. The minimum Gasteiger partial charge on any atom is -0.326 e. The maximum Gasteiger partial charge on any atom is 0.417 e. The fraction of sp³-hybridized carbons (Fsp3) is 0.389. The molecule has 0 fully saturated rings. The molecule has 0 saturated heterocycles. The zero-order valence-corrected chi connectivity index (χ0v) is 14.4. The van der Waals surface area contributed by atoms with Crippen molar-refractivity contribution in [3.63, 3.8) is 0 Å². The van der Waals surface area contributed by atoms with Crippen LogP contribution in [0.5, 0.6) is 0 Å². The summed E-state index contributed by atoms with van der Waals surface area (Å²) in [5.41, 5.74) is -1.55. The highest BCUT2D eigenvalue weighted by molar-refractivity contribution is 5.90. The van der Waals surface area contributed by atoms with E-state index in [1.165, 1.54) is 23.0 Å². The van der Waals surface area contributed by atoms with Gasteiger partial charge in [-0.2, -0.15) is 23.5 Å². The molecule has 144 valence electrons. The lowest BCUT2D eigenvalue weighted by atomic mass is 10.1. The van der Waals surface area contributed by atoms with Gasteiger partial charge in [-0.3, -0.25) is 9.48 Å². The molecule has 2 rings (SSSR count). The molecule has 2 aromatic rings. The molecule has 0 spiro atoms. The molecule has 1 amide bonds. The monoisotopic (exact) mass is 382 g/mol. The second-order valence-electron chi connectivity index (χ2n) is 6.00. The molecule has 0 aliphatic rings. The van der Waals surface area contributed by atoms with Crippen LogP contribution in [0.3, 0.4) is 0 Å². The van der Waals surface area contributed by atoms with Crippen molar-refractivity contribution in [1.29, 1.82) is 5.26 Å². The Morgan fingerprint density at radius 3 is 2.59 bits per heavy atom. The highest BCUT2D eigenvalue weighted by atomic mass is 19.4. The van der Waals surface area contributed by atoms with Gasteiger partial charge in [-0.25, -0.2) is 4.39 Å². The maximum atomic E-state index is 12.9. The van der Waals surface area contributed by atoms with Crippen LogP contribution in [-0.4, -0.2) is 15.7 Å². The van der Waals surface area contributed by atoms with Crippen molar-refractivity contribution in [2.24, 2.45) is 0 Å². The van der Waals surface area contributed by atoms with Crippen molar-refractivity contribution in [3.05, 3.63) is 47.5 Å². The number of rotatable bonds is 8. The van der Waals surface area contributed by atoms with Crippen LogP contribution < -0.4 is 5.32 Å². The molecule has 0 saturated carbocycles. The summed E-state index contributed by atoms with van der Waals surface area (Å²) in [4.78, 5) is 11.9. The van der Waals surface area contributed by atoms with E-state index in [4.69, 9.17) is 5.26 Å². The summed E-state index contributed by atoms with van der Waals surface area (Å²) in [5, 5.41) is 15.0. The van der Waals surface area contributed by atoms with Crippen LogP contribution in [0.4, 0.5) is 23.2 Å². The van der Waals surface area contributed by atoms with Gasteiger partial charge in [0.05, 0.1) is 29.6 Å². The second kappa shape index (κ2) is 9.16. The number of alkyl halides is 3. The number of halogens is 4. The molecular formula is C18H18F4N4O. The summed E-state index contributed by atoms with van der Waals surface area (Å²) >= 11 is 0. The number of carbonyl (C=O) groups is 1. The zero-order chi connectivity index (χ0) is 19.9. The summed E-state index contributed by atoms with van der Waals surface area (Å²) in [5.74, 6) is -0.773. The van der Waals surface area contributed by atoms with Crippen molar-refractivity contribution >= 4 is 11.6 Å². The average Bonchev–Trinajstić information content (AvgIpc) is 3.02. The summed E-state index contributed by atoms with van der Waals surface area (Å²) in [6.45, 7) is 0.585. The maximum absolute atomic E-state index is 12.9. The number of nitriles is 1. The van der Waals surface area contributed by atoms with Crippen LogP contribution >= 0.6 is 0 Å². The first-order valence-corrected chi connectivity index (χ1v) is 8.39. The third-order valence-corrected chi connectivity index (χ3v) is 3.87. The van der Waals surface area contributed by atoms with Gasteiger partial charge in [0, 0.05) is 18.7 Å². The quantitative estimate of drug-likeness (QED) is 0.540. The molecule has 9 heteroatoms. The normalized spacial score (nSPS) is 11.2. The molecule has 0 unspecified atom stereocenters. The van der Waals surface area contributed by atoms with E-state index in [9.17, 15) is 22.4 Å². The number of aromatic nitrogens is 2. The molecule has 1 N–H and O–H groups in total. The number of carbonyl (C=O) groups excluding carboxylic acids is 1. The largest absolute Gasteiger partial charge is 0.417 e. The first-order chi connectivity index (χ1) is 12.8. The number of amides is 1. The molecule has 0 aliphatic heterocycles. The predicted molar refractivity (Wildman–Crippen MR) is 90.1 cm³/mol. The Labute approximate surface area is 153 Å². The predicted octanol–water partition coefficient (Wildman–Crippen LogP) is 4.50. The van der Waals surface area contributed by atoms with Gasteiger partial charge in [-0.15, -0.1) is 0 Å². The molecule has 27 heavy (non-hydrogen) atoms. The number of anilines is 1. The van der Waals surface area contributed by atoms with Gasteiger partial charge in [-0.1, -0.05) is 12.8 Å². The lowest BCUT2D eigenvalue weighted by Gasteiger charge is -2.11. The third-order valence-electron chi connectivity index (χ3n) is 3.87. The minimum absolute atomic E-state index is 0.00651. The topological polar surface area (TPSA) is 70.7 Å². The first-order valence-electron chi connectivity index (χ1n) is 8.39. The Balaban J connectivity index is 1.73. The molecule has 5 nitrogen and oxygen atoms in total. The van der Waals surface area contributed by atoms with Gasteiger partial charge in [0.25, 0.3) is 0 Å². The number of hydrogen-bond acceptors (Lipinski definition) is 3. The Morgan fingerprint density at radius 1 is 1.22 bits per heavy atom.